The summed E-state index contributed by atoms with van der Waals surface area (Å²) in [5, 5.41) is 8.55. The molecule has 16 heavy (non-hydrogen) atoms. The monoisotopic (exact) mass is 225 g/mol. The molecule has 0 radical (unpaired) electrons. The summed E-state index contributed by atoms with van der Waals surface area (Å²) in [7, 11) is 0. The SMILES string of the molecule is CC1(c2cnc(CCC(=O)O)o2)CCCO1. The van der Waals surface area contributed by atoms with Crippen molar-refractivity contribution in [1.82, 2.24) is 4.98 Å². The van der Waals surface area contributed by atoms with Crippen molar-refractivity contribution in [3.8, 4) is 0 Å². The van der Waals surface area contributed by atoms with Gasteiger partial charge in [0.1, 0.15) is 5.60 Å². The molecule has 1 aromatic rings. The second kappa shape index (κ2) is 4.25. The zero-order valence-electron chi connectivity index (χ0n) is 9.23. The fraction of sp³-hybridized carbons (Fsp3) is 0.636. The van der Waals surface area contributed by atoms with Gasteiger partial charge in [0.2, 0.25) is 0 Å². The van der Waals surface area contributed by atoms with Crippen molar-refractivity contribution in [2.24, 2.45) is 0 Å². The molecule has 5 heteroatoms. The number of ether oxygens (including phenoxy) is 1. The van der Waals surface area contributed by atoms with Gasteiger partial charge in [-0.2, -0.15) is 0 Å². The van der Waals surface area contributed by atoms with Crippen LogP contribution in [0.5, 0.6) is 0 Å². The van der Waals surface area contributed by atoms with Crippen molar-refractivity contribution in [2.75, 3.05) is 6.61 Å². The average Bonchev–Trinajstić information content (AvgIpc) is 2.84. The molecule has 1 fully saturated rings. The minimum absolute atomic E-state index is 0.0392. The number of carboxylic acids is 1. The molecular weight excluding hydrogens is 210 g/mol. The number of hydrogen-bond acceptors (Lipinski definition) is 4. The van der Waals surface area contributed by atoms with E-state index in [0.717, 1.165) is 19.4 Å². The highest BCUT2D eigenvalue weighted by Gasteiger charge is 2.35. The molecule has 1 aliphatic rings. The fourth-order valence-electron chi connectivity index (χ4n) is 1.86. The molecule has 2 rings (SSSR count). The summed E-state index contributed by atoms with van der Waals surface area (Å²) in [6, 6.07) is 0. The molecule has 0 aromatic carbocycles. The van der Waals surface area contributed by atoms with Crippen LogP contribution in [0.3, 0.4) is 0 Å². The van der Waals surface area contributed by atoms with Gasteiger partial charge in [0.25, 0.3) is 0 Å². The molecule has 1 saturated heterocycles. The Balaban J connectivity index is 2.04. The van der Waals surface area contributed by atoms with Gasteiger partial charge in [-0.1, -0.05) is 0 Å². The molecule has 1 unspecified atom stereocenters. The first-order chi connectivity index (χ1) is 7.60. The third kappa shape index (κ3) is 2.24. The number of hydrogen-bond donors (Lipinski definition) is 1. The van der Waals surface area contributed by atoms with Gasteiger partial charge in [0.05, 0.1) is 12.6 Å². The molecule has 0 spiro atoms. The maximum atomic E-state index is 10.4. The first-order valence-electron chi connectivity index (χ1n) is 5.41. The molecule has 2 heterocycles. The third-order valence-corrected chi connectivity index (χ3v) is 2.85. The molecule has 0 saturated carbocycles. The van der Waals surface area contributed by atoms with E-state index in [1.807, 2.05) is 6.92 Å². The summed E-state index contributed by atoms with van der Waals surface area (Å²) in [6.45, 7) is 2.71. The largest absolute Gasteiger partial charge is 0.481 e. The lowest BCUT2D eigenvalue weighted by Gasteiger charge is -2.19. The first-order valence-corrected chi connectivity index (χ1v) is 5.41. The Kier molecular flexibility index (Phi) is 2.96. The predicted molar refractivity (Wildman–Crippen MR) is 55.0 cm³/mol. The second-order valence-corrected chi connectivity index (χ2v) is 4.19. The molecule has 0 bridgehead atoms. The summed E-state index contributed by atoms with van der Waals surface area (Å²) < 4.78 is 11.1. The summed E-state index contributed by atoms with van der Waals surface area (Å²) in [6.07, 6.45) is 3.94. The van der Waals surface area contributed by atoms with Crippen LogP contribution in [0.1, 0.15) is 37.8 Å². The van der Waals surface area contributed by atoms with Crippen LogP contribution in [0.2, 0.25) is 0 Å². The molecule has 1 aromatic heterocycles. The molecular formula is C11H15NO4. The number of carbonyl (C=O) groups is 1. The Morgan fingerprint density at radius 3 is 3.12 bits per heavy atom. The molecule has 1 atom stereocenters. The van der Waals surface area contributed by atoms with E-state index in [0.29, 0.717) is 18.1 Å². The Morgan fingerprint density at radius 1 is 1.69 bits per heavy atom. The summed E-state index contributed by atoms with van der Waals surface area (Å²) >= 11 is 0. The highest BCUT2D eigenvalue weighted by Crippen LogP contribution is 2.35. The summed E-state index contributed by atoms with van der Waals surface area (Å²) in [4.78, 5) is 14.5. The van der Waals surface area contributed by atoms with E-state index in [2.05, 4.69) is 4.98 Å². The Morgan fingerprint density at radius 2 is 2.50 bits per heavy atom. The van der Waals surface area contributed by atoms with Crippen molar-refractivity contribution < 1.29 is 19.1 Å². The predicted octanol–water partition coefficient (Wildman–Crippen LogP) is 1.72. The van der Waals surface area contributed by atoms with Gasteiger partial charge >= 0.3 is 5.97 Å². The number of aryl methyl sites for hydroxylation is 1. The van der Waals surface area contributed by atoms with Gasteiger partial charge < -0.3 is 14.3 Å². The van der Waals surface area contributed by atoms with Gasteiger partial charge in [0, 0.05) is 13.0 Å². The lowest BCUT2D eigenvalue weighted by atomic mass is 10.0. The van der Waals surface area contributed by atoms with Crippen LogP contribution in [0, 0.1) is 0 Å². The van der Waals surface area contributed by atoms with E-state index < -0.39 is 5.97 Å². The molecule has 1 N–H and O–H groups in total. The van der Waals surface area contributed by atoms with E-state index in [9.17, 15) is 4.79 Å². The van der Waals surface area contributed by atoms with Crippen LogP contribution in [0.4, 0.5) is 0 Å². The van der Waals surface area contributed by atoms with Crippen LogP contribution in [0.25, 0.3) is 0 Å². The smallest absolute Gasteiger partial charge is 0.303 e. The van der Waals surface area contributed by atoms with Gasteiger partial charge in [-0.3, -0.25) is 4.79 Å². The molecule has 0 aliphatic carbocycles. The Hall–Kier alpha value is -1.36. The van der Waals surface area contributed by atoms with Crippen LogP contribution >= 0.6 is 0 Å². The van der Waals surface area contributed by atoms with Gasteiger partial charge in [-0.15, -0.1) is 0 Å². The van der Waals surface area contributed by atoms with Crippen LogP contribution in [-0.4, -0.2) is 22.7 Å². The number of rotatable bonds is 4. The van der Waals surface area contributed by atoms with Crippen molar-refractivity contribution in [2.45, 2.75) is 38.2 Å². The van der Waals surface area contributed by atoms with Gasteiger partial charge in [-0.25, -0.2) is 4.98 Å². The lowest BCUT2D eigenvalue weighted by Crippen LogP contribution is -2.18. The second-order valence-electron chi connectivity index (χ2n) is 4.19. The lowest BCUT2D eigenvalue weighted by molar-refractivity contribution is -0.137. The third-order valence-electron chi connectivity index (χ3n) is 2.85. The maximum Gasteiger partial charge on any atom is 0.303 e. The zero-order valence-corrected chi connectivity index (χ0v) is 9.23. The van der Waals surface area contributed by atoms with Crippen LogP contribution < -0.4 is 0 Å². The van der Waals surface area contributed by atoms with E-state index in [1.54, 1.807) is 6.20 Å². The number of aliphatic carboxylic acids is 1. The highest BCUT2D eigenvalue weighted by molar-refractivity contribution is 5.66. The fourth-order valence-corrected chi connectivity index (χ4v) is 1.86. The Bertz CT molecular complexity index is 379. The average molecular weight is 225 g/mol. The molecule has 5 nitrogen and oxygen atoms in total. The first kappa shape index (κ1) is 11.1. The van der Waals surface area contributed by atoms with Crippen molar-refractivity contribution in [1.29, 1.82) is 0 Å². The number of aromatic nitrogens is 1. The number of oxazole rings is 1. The maximum absolute atomic E-state index is 10.4. The molecule has 88 valence electrons. The summed E-state index contributed by atoms with van der Waals surface area (Å²) in [5.74, 6) is 0.322. The standard InChI is InChI=1S/C11H15NO4/c1-11(5-2-6-15-11)8-7-12-9(16-8)3-4-10(13)14/h7H,2-6H2,1H3,(H,13,14). The quantitative estimate of drug-likeness (QED) is 0.844. The normalized spacial score (nSPS) is 24.8. The van der Waals surface area contributed by atoms with E-state index in [-0.39, 0.29) is 12.0 Å². The highest BCUT2D eigenvalue weighted by atomic mass is 16.5. The minimum atomic E-state index is -0.844. The van der Waals surface area contributed by atoms with Crippen LogP contribution in [0.15, 0.2) is 10.6 Å². The van der Waals surface area contributed by atoms with Gasteiger partial charge in [-0.05, 0) is 19.8 Å². The summed E-state index contributed by atoms with van der Waals surface area (Å²) in [5.41, 5.74) is -0.380. The van der Waals surface area contributed by atoms with Gasteiger partial charge in [0.15, 0.2) is 11.7 Å². The molecule has 0 amide bonds. The molecule has 1 aliphatic heterocycles. The minimum Gasteiger partial charge on any atom is -0.481 e. The zero-order chi connectivity index (χ0) is 11.6. The van der Waals surface area contributed by atoms with E-state index in [1.165, 1.54) is 0 Å². The number of carboxylic acid groups (broad SMARTS) is 1. The van der Waals surface area contributed by atoms with Crippen LogP contribution in [-0.2, 0) is 21.6 Å². The van der Waals surface area contributed by atoms with Crippen molar-refractivity contribution in [3.05, 3.63) is 17.8 Å². The number of nitrogens with zero attached hydrogens (tertiary/aromatic N) is 1. The van der Waals surface area contributed by atoms with E-state index in [4.69, 9.17) is 14.3 Å². The van der Waals surface area contributed by atoms with Crippen molar-refractivity contribution in [3.63, 3.8) is 0 Å². The topological polar surface area (TPSA) is 72.6 Å². The Labute approximate surface area is 93.4 Å². The van der Waals surface area contributed by atoms with Crippen molar-refractivity contribution >= 4 is 5.97 Å². The van der Waals surface area contributed by atoms with E-state index >= 15 is 0 Å².